The molecule has 0 spiro atoms. The summed E-state index contributed by atoms with van der Waals surface area (Å²) in [6.45, 7) is 5.19. The van der Waals surface area contributed by atoms with E-state index in [2.05, 4.69) is 4.90 Å². The smallest absolute Gasteiger partial charge is 0.305 e. The first-order valence-corrected chi connectivity index (χ1v) is 8.52. The van der Waals surface area contributed by atoms with Crippen LogP contribution in [-0.2, 0) is 28.5 Å². The number of nitrogens with zero attached hydrogens (tertiary/aromatic N) is 1. The van der Waals surface area contributed by atoms with Gasteiger partial charge >= 0.3 is 5.97 Å². The van der Waals surface area contributed by atoms with Crippen molar-refractivity contribution < 1.29 is 28.5 Å². The van der Waals surface area contributed by atoms with Crippen molar-refractivity contribution in [3.63, 3.8) is 0 Å². The maximum atomic E-state index is 11.5. The molecule has 2 rings (SSSR count). The molecule has 25 heavy (non-hydrogen) atoms. The van der Waals surface area contributed by atoms with Crippen molar-refractivity contribution in [2.45, 2.75) is 25.9 Å². The Kier molecular flexibility index (Phi) is 7.73. The van der Waals surface area contributed by atoms with Crippen LogP contribution in [-0.4, -0.2) is 69.5 Å². The second-order valence-corrected chi connectivity index (χ2v) is 5.61. The van der Waals surface area contributed by atoms with Crippen LogP contribution in [0, 0.1) is 0 Å². The fourth-order valence-corrected chi connectivity index (χ4v) is 2.80. The van der Waals surface area contributed by atoms with Crippen LogP contribution in [0.3, 0.4) is 0 Å². The van der Waals surface area contributed by atoms with E-state index in [-0.39, 0.29) is 5.97 Å². The van der Waals surface area contributed by atoms with Gasteiger partial charge < -0.3 is 23.8 Å². The Morgan fingerprint density at radius 2 is 2.12 bits per heavy atom. The van der Waals surface area contributed by atoms with Gasteiger partial charge in [0, 0.05) is 26.6 Å². The maximum Gasteiger partial charge on any atom is 0.305 e. The van der Waals surface area contributed by atoms with Crippen molar-refractivity contribution in [3.8, 4) is 0 Å². The van der Waals surface area contributed by atoms with E-state index in [1.165, 1.54) is 7.11 Å². The average molecular weight is 351 g/mol. The van der Waals surface area contributed by atoms with Gasteiger partial charge in [0.05, 0.1) is 37.7 Å². The lowest BCUT2D eigenvalue weighted by molar-refractivity contribution is -0.143. The summed E-state index contributed by atoms with van der Waals surface area (Å²) in [6, 6.07) is 0. The molecule has 1 atom stereocenters. The van der Waals surface area contributed by atoms with Gasteiger partial charge in [-0.2, -0.15) is 0 Å². The van der Waals surface area contributed by atoms with Gasteiger partial charge in [0.15, 0.2) is 6.10 Å². The first-order chi connectivity index (χ1) is 12.2. The summed E-state index contributed by atoms with van der Waals surface area (Å²) in [5, 5.41) is 0. The number of hydrogen-bond donors (Lipinski definition) is 0. The lowest BCUT2D eigenvalue weighted by Gasteiger charge is -2.34. The molecule has 0 bridgehead atoms. The predicted molar refractivity (Wildman–Crippen MR) is 90.4 cm³/mol. The third kappa shape index (κ3) is 5.19. The van der Waals surface area contributed by atoms with Crippen LogP contribution >= 0.6 is 0 Å². The quantitative estimate of drug-likeness (QED) is 0.370. The van der Waals surface area contributed by atoms with Crippen LogP contribution in [0.25, 0.3) is 0 Å². The van der Waals surface area contributed by atoms with Gasteiger partial charge in [-0.15, -0.1) is 0 Å². The normalized spacial score (nSPS) is 20.5. The van der Waals surface area contributed by atoms with E-state index in [0.29, 0.717) is 50.6 Å². The number of esters is 1. The molecule has 0 N–H and O–H groups in total. The molecule has 1 aliphatic heterocycles. The van der Waals surface area contributed by atoms with Gasteiger partial charge in [0.25, 0.3) is 0 Å². The molecule has 1 fully saturated rings. The maximum absolute atomic E-state index is 11.5. The number of rotatable bonds is 8. The van der Waals surface area contributed by atoms with Crippen LogP contribution in [0.2, 0.25) is 0 Å². The van der Waals surface area contributed by atoms with Crippen molar-refractivity contribution >= 4 is 11.9 Å². The highest BCUT2D eigenvalue weighted by atomic mass is 16.5. The third-order valence-electron chi connectivity index (χ3n) is 4.00. The Morgan fingerprint density at radius 1 is 1.36 bits per heavy atom. The fourth-order valence-electron chi connectivity index (χ4n) is 2.80. The molecule has 7 heteroatoms. The van der Waals surface area contributed by atoms with Gasteiger partial charge in [-0.05, 0) is 25.5 Å². The zero-order valence-corrected chi connectivity index (χ0v) is 14.8. The fraction of sp³-hybridized carbons (Fsp3) is 0.611. The van der Waals surface area contributed by atoms with E-state index in [1.807, 2.05) is 18.1 Å². The van der Waals surface area contributed by atoms with Gasteiger partial charge in [-0.3, -0.25) is 4.79 Å². The zero-order chi connectivity index (χ0) is 18.1. The lowest BCUT2D eigenvalue weighted by atomic mass is 9.99. The van der Waals surface area contributed by atoms with Gasteiger partial charge in [0.2, 0.25) is 0 Å². The largest absolute Gasteiger partial charge is 0.495 e. The lowest BCUT2D eigenvalue weighted by Crippen LogP contribution is -2.39. The van der Waals surface area contributed by atoms with Crippen LogP contribution < -0.4 is 0 Å². The van der Waals surface area contributed by atoms with Crippen LogP contribution in [0.5, 0.6) is 0 Å². The van der Waals surface area contributed by atoms with Crippen molar-refractivity contribution in [1.82, 2.24) is 4.90 Å². The van der Waals surface area contributed by atoms with E-state index in [0.717, 1.165) is 18.8 Å². The van der Waals surface area contributed by atoms with Crippen molar-refractivity contribution in [1.29, 1.82) is 0 Å². The number of hydrogen-bond acceptors (Lipinski definition) is 7. The molecule has 138 valence electrons. The summed E-state index contributed by atoms with van der Waals surface area (Å²) in [5.74, 6) is 2.31. The molecule has 0 aromatic carbocycles. The summed E-state index contributed by atoms with van der Waals surface area (Å²) in [5.41, 5.74) is 1.22. The van der Waals surface area contributed by atoms with E-state index < -0.39 is 6.10 Å². The Morgan fingerprint density at radius 3 is 2.76 bits per heavy atom. The standard InChI is InChI=1S/C18H25NO6/c1-3-24-17(21)5-4-10-25-16-7-6-15(14(13-20)18(16)22-2)19-8-11-23-12-9-19/h6-7,18H,3-5,8-12H2,1-2H3. The topological polar surface area (TPSA) is 74.3 Å². The van der Waals surface area contributed by atoms with E-state index in [4.69, 9.17) is 18.9 Å². The zero-order valence-electron chi connectivity index (χ0n) is 14.8. The minimum Gasteiger partial charge on any atom is -0.495 e. The monoisotopic (exact) mass is 351 g/mol. The first kappa shape index (κ1) is 19.2. The molecule has 1 heterocycles. The first-order valence-electron chi connectivity index (χ1n) is 8.52. The summed E-state index contributed by atoms with van der Waals surface area (Å²) in [4.78, 5) is 25.0. The molecular weight excluding hydrogens is 326 g/mol. The highest BCUT2D eigenvalue weighted by molar-refractivity contribution is 5.69. The third-order valence-corrected chi connectivity index (χ3v) is 4.00. The number of morpholine rings is 1. The number of carbonyl (C=O) groups is 1. The van der Waals surface area contributed by atoms with E-state index in [1.54, 1.807) is 6.92 Å². The highest BCUT2D eigenvalue weighted by Crippen LogP contribution is 2.29. The second kappa shape index (κ2) is 10.0. The molecule has 0 amide bonds. The van der Waals surface area contributed by atoms with E-state index >= 15 is 0 Å². The second-order valence-electron chi connectivity index (χ2n) is 5.61. The minimum atomic E-state index is -0.595. The predicted octanol–water partition coefficient (Wildman–Crippen LogP) is 1.23. The van der Waals surface area contributed by atoms with Crippen molar-refractivity contribution in [2.75, 3.05) is 46.6 Å². The Labute approximate surface area is 147 Å². The highest BCUT2D eigenvalue weighted by Gasteiger charge is 2.31. The number of methoxy groups -OCH3 is 1. The SMILES string of the molecule is CCOC(=O)CCCOC1=CC=C(N2CCOCC2)C(=C=O)C1OC. The van der Waals surface area contributed by atoms with Gasteiger partial charge in [0.1, 0.15) is 11.7 Å². The Bertz CT molecular complexity index is 570. The van der Waals surface area contributed by atoms with Crippen molar-refractivity contribution in [3.05, 3.63) is 29.2 Å². The average Bonchev–Trinajstić information content (AvgIpc) is 2.65. The number of ether oxygens (including phenoxy) is 4. The molecule has 7 nitrogen and oxygen atoms in total. The molecule has 1 saturated heterocycles. The number of carbonyl (C=O) groups excluding carboxylic acids is 2. The summed E-state index contributed by atoms with van der Waals surface area (Å²) < 4.78 is 21.4. The Balaban J connectivity index is 1.99. The number of allylic oxidation sites excluding steroid dienone is 2. The van der Waals surface area contributed by atoms with Crippen LogP contribution in [0.1, 0.15) is 19.8 Å². The molecule has 1 aliphatic carbocycles. The van der Waals surface area contributed by atoms with Gasteiger partial charge in [-0.1, -0.05) is 0 Å². The molecule has 2 aliphatic rings. The van der Waals surface area contributed by atoms with E-state index in [9.17, 15) is 9.59 Å². The van der Waals surface area contributed by atoms with Crippen molar-refractivity contribution in [2.24, 2.45) is 0 Å². The molecule has 0 saturated carbocycles. The molecule has 0 aromatic rings. The Hall–Kier alpha value is -2.08. The summed E-state index contributed by atoms with van der Waals surface area (Å²) in [7, 11) is 1.53. The summed E-state index contributed by atoms with van der Waals surface area (Å²) in [6.07, 6.45) is 3.89. The van der Waals surface area contributed by atoms with Crippen LogP contribution in [0.15, 0.2) is 29.2 Å². The molecule has 0 radical (unpaired) electrons. The van der Waals surface area contributed by atoms with Crippen LogP contribution in [0.4, 0.5) is 0 Å². The summed E-state index contributed by atoms with van der Waals surface area (Å²) >= 11 is 0. The minimum absolute atomic E-state index is 0.241. The molecule has 1 unspecified atom stereocenters. The van der Waals surface area contributed by atoms with Gasteiger partial charge in [-0.25, -0.2) is 4.79 Å². The molecule has 0 aromatic heterocycles. The molecular formula is C18H25NO6.